The molecule has 0 spiro atoms. The van der Waals surface area contributed by atoms with Gasteiger partial charge in [-0.2, -0.15) is 0 Å². The zero-order chi connectivity index (χ0) is 13.1. The first-order chi connectivity index (χ1) is 9.38. The van der Waals surface area contributed by atoms with E-state index >= 15 is 0 Å². The second-order valence-corrected chi connectivity index (χ2v) is 4.21. The van der Waals surface area contributed by atoms with Crippen molar-refractivity contribution in [3.05, 3.63) is 71.7 Å². The molecule has 1 N–H and O–H groups in total. The van der Waals surface area contributed by atoms with Gasteiger partial charge >= 0.3 is 0 Å². The van der Waals surface area contributed by atoms with E-state index in [1.807, 2.05) is 61.0 Å². The summed E-state index contributed by atoms with van der Waals surface area (Å²) in [5, 5.41) is 0. The summed E-state index contributed by atoms with van der Waals surface area (Å²) < 4.78 is 5.20. The quantitative estimate of drug-likeness (QED) is 0.890. The molecule has 0 atom stereocenters. The van der Waals surface area contributed by atoms with Crippen LogP contribution in [-0.4, -0.2) is 18.3 Å². The number of nitrogens with one attached hydrogen (secondary N) is 1. The van der Waals surface area contributed by atoms with Gasteiger partial charge in [-0.05, 0) is 42.0 Å². The van der Waals surface area contributed by atoms with Crippen molar-refractivity contribution in [3.63, 3.8) is 0 Å². The number of aromatic amines is 1. The number of aliphatic imine (C=N–C) groups is 1. The third-order valence-corrected chi connectivity index (χ3v) is 3.06. The van der Waals surface area contributed by atoms with Gasteiger partial charge in [0.1, 0.15) is 5.75 Å². The molecule has 19 heavy (non-hydrogen) atoms. The van der Waals surface area contributed by atoms with E-state index < -0.39 is 0 Å². The lowest BCUT2D eigenvalue weighted by molar-refractivity contribution is 0.415. The number of methoxy groups -OCH3 is 1. The van der Waals surface area contributed by atoms with Gasteiger partial charge in [0, 0.05) is 23.7 Å². The molecule has 2 aromatic rings. The van der Waals surface area contributed by atoms with E-state index in [4.69, 9.17) is 4.74 Å². The number of H-pyrrole nitrogens is 1. The average Bonchev–Trinajstić information content (AvgIpc) is 3.13. The average molecular weight is 250 g/mol. The Bertz CT molecular complexity index is 633. The van der Waals surface area contributed by atoms with E-state index in [1.165, 1.54) is 0 Å². The summed E-state index contributed by atoms with van der Waals surface area (Å²) in [6.07, 6.45) is 7.69. The van der Waals surface area contributed by atoms with Crippen LogP contribution in [0, 0.1) is 0 Å². The van der Waals surface area contributed by atoms with Crippen LogP contribution >= 0.6 is 0 Å². The maximum Gasteiger partial charge on any atom is 0.118 e. The normalized spacial score (nSPS) is 15.8. The van der Waals surface area contributed by atoms with E-state index in [0.29, 0.717) is 0 Å². The molecule has 1 aromatic carbocycles. The number of benzene rings is 1. The highest BCUT2D eigenvalue weighted by Gasteiger charge is 2.12. The van der Waals surface area contributed by atoms with Crippen molar-refractivity contribution in [2.75, 3.05) is 7.11 Å². The minimum absolute atomic E-state index is 0.852. The largest absolute Gasteiger partial charge is 0.497 e. The van der Waals surface area contributed by atoms with Crippen molar-refractivity contribution in [1.82, 2.24) is 4.98 Å². The first-order valence-electron chi connectivity index (χ1n) is 6.11. The lowest BCUT2D eigenvalue weighted by atomic mass is 10.0. The predicted octanol–water partition coefficient (Wildman–Crippen LogP) is 3.42. The van der Waals surface area contributed by atoms with E-state index in [0.717, 1.165) is 28.3 Å². The highest BCUT2D eigenvalue weighted by molar-refractivity contribution is 5.88. The molecule has 1 aromatic heterocycles. The van der Waals surface area contributed by atoms with Crippen molar-refractivity contribution < 1.29 is 4.74 Å². The number of hydrogen-bond acceptors (Lipinski definition) is 2. The van der Waals surface area contributed by atoms with Crippen LogP contribution in [0.5, 0.6) is 5.75 Å². The fraction of sp³-hybridized carbons (Fsp3) is 0.0625. The molecule has 3 nitrogen and oxygen atoms in total. The van der Waals surface area contributed by atoms with Crippen LogP contribution < -0.4 is 4.74 Å². The van der Waals surface area contributed by atoms with Crippen molar-refractivity contribution >= 4 is 11.8 Å². The molecule has 0 fully saturated rings. The Morgan fingerprint density at radius 3 is 2.58 bits per heavy atom. The Kier molecular flexibility index (Phi) is 3.02. The first-order valence-corrected chi connectivity index (χ1v) is 6.11. The van der Waals surface area contributed by atoms with Gasteiger partial charge in [-0.15, -0.1) is 0 Å². The predicted molar refractivity (Wildman–Crippen MR) is 77.4 cm³/mol. The fourth-order valence-corrected chi connectivity index (χ4v) is 2.13. The van der Waals surface area contributed by atoms with Gasteiger partial charge in [-0.25, -0.2) is 0 Å². The lowest BCUT2D eigenvalue weighted by Crippen LogP contribution is -1.92. The first kappa shape index (κ1) is 11.5. The molecule has 2 heterocycles. The monoisotopic (exact) mass is 250 g/mol. The Hall–Kier alpha value is -2.55. The SMILES string of the molecule is COc1ccc(/C(=C2/C=CC=N2)c2ccc[nH]2)cc1. The molecular weight excluding hydrogens is 236 g/mol. The van der Waals surface area contributed by atoms with Crippen LogP contribution in [0.15, 0.2) is 65.4 Å². The molecule has 3 rings (SSSR count). The van der Waals surface area contributed by atoms with Crippen LogP contribution in [0.1, 0.15) is 11.3 Å². The van der Waals surface area contributed by atoms with Gasteiger partial charge < -0.3 is 9.72 Å². The molecule has 1 aliphatic heterocycles. The molecule has 0 aliphatic carbocycles. The number of ether oxygens (including phenoxy) is 1. The Morgan fingerprint density at radius 2 is 2.00 bits per heavy atom. The standard InChI is InChI=1S/C16H14N2O/c1-19-13-8-6-12(7-9-13)16(14-4-2-10-17-14)15-5-3-11-18-15/h2-11,17H,1H3/b16-15+. The third-order valence-electron chi connectivity index (χ3n) is 3.06. The van der Waals surface area contributed by atoms with E-state index in [9.17, 15) is 0 Å². The summed E-state index contributed by atoms with van der Waals surface area (Å²) in [6.45, 7) is 0. The molecule has 0 saturated heterocycles. The highest BCUT2D eigenvalue weighted by atomic mass is 16.5. The van der Waals surface area contributed by atoms with Gasteiger partial charge in [-0.3, -0.25) is 4.99 Å². The van der Waals surface area contributed by atoms with Crippen LogP contribution in [0.25, 0.3) is 5.57 Å². The van der Waals surface area contributed by atoms with Gasteiger partial charge in [-0.1, -0.05) is 12.1 Å². The Morgan fingerprint density at radius 1 is 1.16 bits per heavy atom. The van der Waals surface area contributed by atoms with Crippen molar-refractivity contribution in [2.24, 2.45) is 4.99 Å². The maximum atomic E-state index is 5.20. The van der Waals surface area contributed by atoms with Crippen molar-refractivity contribution in [3.8, 4) is 5.75 Å². The summed E-state index contributed by atoms with van der Waals surface area (Å²) >= 11 is 0. The third kappa shape index (κ3) is 2.22. The summed E-state index contributed by atoms with van der Waals surface area (Å²) in [4.78, 5) is 7.65. The summed E-state index contributed by atoms with van der Waals surface area (Å²) in [6, 6.07) is 12.0. The molecule has 0 unspecified atom stereocenters. The second kappa shape index (κ2) is 4.98. The molecule has 0 saturated carbocycles. The Balaban J connectivity index is 2.12. The minimum Gasteiger partial charge on any atom is -0.497 e. The van der Waals surface area contributed by atoms with Crippen LogP contribution in [0.3, 0.4) is 0 Å². The molecule has 0 bridgehead atoms. The van der Waals surface area contributed by atoms with Crippen LogP contribution in [0.2, 0.25) is 0 Å². The van der Waals surface area contributed by atoms with E-state index in [1.54, 1.807) is 7.11 Å². The molecule has 1 aliphatic rings. The lowest BCUT2D eigenvalue weighted by Gasteiger charge is -2.09. The molecule has 3 heteroatoms. The smallest absolute Gasteiger partial charge is 0.118 e. The van der Waals surface area contributed by atoms with Gasteiger partial charge in [0.25, 0.3) is 0 Å². The molecular formula is C16H14N2O. The van der Waals surface area contributed by atoms with Crippen LogP contribution in [-0.2, 0) is 0 Å². The number of rotatable bonds is 3. The van der Waals surface area contributed by atoms with Crippen LogP contribution in [0.4, 0.5) is 0 Å². The maximum absolute atomic E-state index is 5.20. The molecule has 0 radical (unpaired) electrons. The second-order valence-electron chi connectivity index (χ2n) is 4.21. The minimum atomic E-state index is 0.852. The topological polar surface area (TPSA) is 37.4 Å². The number of aromatic nitrogens is 1. The van der Waals surface area contributed by atoms with Crippen molar-refractivity contribution in [1.29, 1.82) is 0 Å². The fourth-order valence-electron chi connectivity index (χ4n) is 2.13. The zero-order valence-corrected chi connectivity index (χ0v) is 10.6. The summed E-state index contributed by atoms with van der Waals surface area (Å²) in [7, 11) is 1.67. The van der Waals surface area contributed by atoms with E-state index in [2.05, 4.69) is 9.98 Å². The summed E-state index contributed by atoms with van der Waals surface area (Å²) in [5.74, 6) is 0.852. The molecule has 0 amide bonds. The van der Waals surface area contributed by atoms with Gasteiger partial charge in [0.05, 0.1) is 12.8 Å². The van der Waals surface area contributed by atoms with Crippen molar-refractivity contribution in [2.45, 2.75) is 0 Å². The number of allylic oxidation sites excluding steroid dienone is 2. The van der Waals surface area contributed by atoms with Gasteiger partial charge in [0.15, 0.2) is 0 Å². The highest BCUT2D eigenvalue weighted by Crippen LogP contribution is 2.29. The van der Waals surface area contributed by atoms with Gasteiger partial charge in [0.2, 0.25) is 0 Å². The Labute approximate surface area is 112 Å². The zero-order valence-electron chi connectivity index (χ0n) is 10.6. The summed E-state index contributed by atoms with van der Waals surface area (Å²) in [5.41, 5.74) is 4.23. The molecule has 94 valence electrons. The number of hydrogen-bond donors (Lipinski definition) is 1. The number of nitrogens with zero attached hydrogens (tertiary/aromatic N) is 1. The van der Waals surface area contributed by atoms with E-state index in [-0.39, 0.29) is 0 Å².